The molecule has 1 rings (SSSR count). The Hall–Kier alpha value is -6.13. The number of rotatable bonds is 15. The average molecular weight is 1190 g/mol. The van der Waals surface area contributed by atoms with Crippen molar-refractivity contribution in [2.24, 2.45) is 41.4 Å². The summed E-state index contributed by atoms with van der Waals surface area (Å²) in [6.07, 6.45) is 3.01. The number of hydrogen-bond acceptors (Lipinski definition) is 12. The molecule has 0 aliphatic carbocycles. The van der Waals surface area contributed by atoms with E-state index in [2.05, 4.69) is 26.6 Å². The van der Waals surface area contributed by atoms with Crippen LogP contribution in [0.4, 0.5) is 0 Å². The van der Waals surface area contributed by atoms with Crippen molar-refractivity contribution in [1.29, 1.82) is 0 Å². The quantitative estimate of drug-likeness (QED) is 0.129. The van der Waals surface area contributed by atoms with E-state index in [9.17, 15) is 48.3 Å². The van der Waals surface area contributed by atoms with Gasteiger partial charge in [-0.2, -0.15) is 0 Å². The molecule has 1 saturated heterocycles. The second kappa shape index (κ2) is 34.7. The van der Waals surface area contributed by atoms with E-state index >= 15 is 9.59 Å². The Kier molecular flexibility index (Phi) is 31.4. The van der Waals surface area contributed by atoms with Gasteiger partial charge in [0.15, 0.2) is 0 Å². The van der Waals surface area contributed by atoms with Crippen LogP contribution in [-0.4, -0.2) is 215 Å². The highest BCUT2D eigenvalue weighted by Crippen LogP contribution is 2.25. The first-order valence-corrected chi connectivity index (χ1v) is 30.2. The van der Waals surface area contributed by atoms with E-state index < -0.39 is 156 Å². The van der Waals surface area contributed by atoms with Crippen LogP contribution in [0.3, 0.4) is 0 Å². The van der Waals surface area contributed by atoms with Gasteiger partial charge in [-0.25, -0.2) is 0 Å². The van der Waals surface area contributed by atoms with Gasteiger partial charge in [0, 0.05) is 42.3 Å². The molecule has 6 N–H and O–H groups in total. The SMILES string of the molecule is C/C=C/C[C@@H](C)[C@@H](O)[C@H]1C(=O)N[C@@H](CC)C(=O)N(C)CC(=O)N(C)[C@@H](CC(C)C)C(=O)N[C@@H](C(C)C)C(=O)N[C@@H](CC(C)C)C(=O)N[C@@H](C)C(=O)N[C@H](C)C(=O)N(C)[C@@H](CC(C)C)C(=O)N(C)[C@@H](CC(C)C)C(=O)N(C)[C@H](C(C)C)C(=O)N1C. The van der Waals surface area contributed by atoms with E-state index in [0.717, 1.165) is 9.80 Å². The molecule has 1 fully saturated rings. The molecule has 480 valence electrons. The summed E-state index contributed by atoms with van der Waals surface area (Å²) < 4.78 is 0. The second-order valence-electron chi connectivity index (χ2n) is 25.7. The molecule has 0 aromatic heterocycles. The first-order chi connectivity index (χ1) is 38.8. The van der Waals surface area contributed by atoms with Crippen LogP contribution in [-0.2, 0) is 52.7 Å². The van der Waals surface area contributed by atoms with Gasteiger partial charge < -0.3 is 61.1 Å². The molecule has 23 heteroatoms. The Bertz CT molecular complexity index is 2290. The topological polar surface area (TPSA) is 288 Å². The van der Waals surface area contributed by atoms with Crippen LogP contribution >= 0.6 is 0 Å². The van der Waals surface area contributed by atoms with Crippen molar-refractivity contribution in [2.45, 2.75) is 223 Å². The predicted molar refractivity (Wildman–Crippen MR) is 324 cm³/mol. The Morgan fingerprint density at radius 2 is 0.917 bits per heavy atom. The van der Waals surface area contributed by atoms with Crippen LogP contribution in [0.5, 0.6) is 0 Å². The molecule has 0 spiro atoms. The number of allylic oxidation sites excluding steroid dienone is 2. The molecular weight excluding hydrogens is 1080 g/mol. The van der Waals surface area contributed by atoms with Crippen molar-refractivity contribution >= 4 is 65.0 Å². The number of nitrogens with zero attached hydrogens (tertiary/aromatic N) is 6. The van der Waals surface area contributed by atoms with Crippen molar-refractivity contribution < 1.29 is 57.8 Å². The molecule has 11 amide bonds. The Balaban J connectivity index is 4.28. The lowest BCUT2D eigenvalue weighted by Crippen LogP contribution is -2.63. The summed E-state index contributed by atoms with van der Waals surface area (Å²) in [5, 5.41) is 25.7. The zero-order valence-corrected chi connectivity index (χ0v) is 55.1. The Morgan fingerprint density at radius 3 is 1.38 bits per heavy atom. The van der Waals surface area contributed by atoms with Gasteiger partial charge in [0.25, 0.3) is 0 Å². The highest BCUT2D eigenvalue weighted by Gasteiger charge is 2.45. The summed E-state index contributed by atoms with van der Waals surface area (Å²) in [5.74, 6) is -9.87. The van der Waals surface area contributed by atoms with Crippen LogP contribution < -0.4 is 26.6 Å². The zero-order valence-electron chi connectivity index (χ0n) is 55.1. The lowest BCUT2D eigenvalue weighted by molar-refractivity contribution is -0.157. The molecule has 0 unspecified atom stereocenters. The maximum absolute atomic E-state index is 15.1. The molecular formula is C61H109N11O12. The number of amides is 11. The van der Waals surface area contributed by atoms with Gasteiger partial charge in [0.2, 0.25) is 65.0 Å². The molecule has 1 heterocycles. The number of likely N-dealkylation sites (N-methyl/N-ethyl adjacent to an activating group) is 6. The van der Waals surface area contributed by atoms with E-state index in [4.69, 9.17) is 0 Å². The largest absolute Gasteiger partial charge is 0.390 e. The zero-order chi connectivity index (χ0) is 65.1. The molecule has 1 aliphatic rings. The molecule has 84 heavy (non-hydrogen) atoms. The molecule has 0 aromatic carbocycles. The summed E-state index contributed by atoms with van der Waals surface area (Å²) >= 11 is 0. The van der Waals surface area contributed by atoms with Crippen LogP contribution in [0.15, 0.2) is 12.2 Å². The molecule has 23 nitrogen and oxygen atoms in total. The molecule has 0 radical (unpaired) electrons. The van der Waals surface area contributed by atoms with Crippen LogP contribution in [0.1, 0.15) is 156 Å². The van der Waals surface area contributed by atoms with Gasteiger partial charge in [0.1, 0.15) is 60.4 Å². The normalized spacial score (nSPS) is 27.0. The van der Waals surface area contributed by atoms with Gasteiger partial charge in [-0.1, -0.05) is 109 Å². The summed E-state index contributed by atoms with van der Waals surface area (Å²) in [6.45, 7) is 29.2. The van der Waals surface area contributed by atoms with Crippen molar-refractivity contribution in [3.8, 4) is 0 Å². The minimum atomic E-state index is -1.61. The maximum Gasteiger partial charge on any atom is 0.246 e. The average Bonchev–Trinajstić information content (AvgIpc) is 3.53. The molecule has 1 aliphatic heterocycles. The van der Waals surface area contributed by atoms with E-state index in [1.807, 2.05) is 55.4 Å². The molecule has 0 bridgehead atoms. The van der Waals surface area contributed by atoms with E-state index in [1.165, 1.54) is 75.7 Å². The van der Waals surface area contributed by atoms with Gasteiger partial charge in [-0.15, -0.1) is 0 Å². The lowest BCUT2D eigenvalue weighted by atomic mass is 9.91. The lowest BCUT2D eigenvalue weighted by Gasteiger charge is -2.41. The fourth-order valence-electron chi connectivity index (χ4n) is 10.4. The highest BCUT2D eigenvalue weighted by atomic mass is 16.3. The standard InChI is InChI=1S/C61H109N11O12/c1-24-26-27-39(15)51(74)50-56(79)64-42(25-2)58(81)67(18)32-47(73)68(19)44(29-34(5)6)54(77)66-48(37(11)12)55(78)65-43(28-33(3)4)53(76)62-40(16)52(75)63-41(17)57(80)69(20)45(30-35(7)8)59(82)70(21)46(31-36(9)10)60(83)71(22)49(38(13)14)61(84)72(50)23/h24,26,33-46,48-51,74H,25,27-32H2,1-23H3,(H,62,76)(H,63,75)(H,64,79)(H,65,78)(H,66,77)/b26-24+/t39-,40+,41-,42+,43+,44+,45+,46+,48+,49-,50+,51-/m1/s1. The number of carbonyl (C=O) groups is 11. The van der Waals surface area contributed by atoms with E-state index in [0.29, 0.717) is 6.42 Å². The van der Waals surface area contributed by atoms with Crippen molar-refractivity contribution in [2.75, 3.05) is 48.8 Å². The third-order valence-corrected chi connectivity index (χ3v) is 15.6. The number of aliphatic hydroxyl groups excluding tert-OH is 1. The highest BCUT2D eigenvalue weighted by molar-refractivity contribution is 5.99. The van der Waals surface area contributed by atoms with Crippen molar-refractivity contribution in [3.05, 3.63) is 12.2 Å². The van der Waals surface area contributed by atoms with Crippen LogP contribution in [0, 0.1) is 41.4 Å². The second-order valence-corrected chi connectivity index (χ2v) is 25.7. The summed E-state index contributed by atoms with van der Waals surface area (Å²) in [6, 6.07) is -12.4. The van der Waals surface area contributed by atoms with Crippen LogP contribution in [0.2, 0.25) is 0 Å². The molecule has 0 saturated carbocycles. The minimum Gasteiger partial charge on any atom is -0.390 e. The molecule has 0 aromatic rings. The monoisotopic (exact) mass is 1190 g/mol. The van der Waals surface area contributed by atoms with E-state index in [1.54, 1.807) is 60.6 Å². The number of nitrogens with one attached hydrogen (secondary N) is 5. The predicted octanol–water partition coefficient (Wildman–Crippen LogP) is 2.93. The summed E-state index contributed by atoms with van der Waals surface area (Å²) in [4.78, 5) is 166. The Labute approximate surface area is 502 Å². The number of aliphatic hydroxyl groups is 1. The number of carbonyl (C=O) groups excluding carboxylic acids is 11. The van der Waals surface area contributed by atoms with E-state index in [-0.39, 0.29) is 55.8 Å². The summed E-state index contributed by atoms with van der Waals surface area (Å²) in [7, 11) is 8.46. The third-order valence-electron chi connectivity index (χ3n) is 15.6. The minimum absolute atomic E-state index is 0.0225. The van der Waals surface area contributed by atoms with Gasteiger partial charge in [-0.05, 0) is 101 Å². The van der Waals surface area contributed by atoms with Gasteiger partial charge >= 0.3 is 0 Å². The number of hydrogen-bond donors (Lipinski definition) is 6. The maximum atomic E-state index is 15.1. The Morgan fingerprint density at radius 1 is 0.464 bits per heavy atom. The third kappa shape index (κ3) is 21.7. The van der Waals surface area contributed by atoms with Gasteiger partial charge in [-0.3, -0.25) is 52.7 Å². The first kappa shape index (κ1) is 75.9. The van der Waals surface area contributed by atoms with Crippen molar-refractivity contribution in [1.82, 2.24) is 56.0 Å². The van der Waals surface area contributed by atoms with Crippen LogP contribution in [0.25, 0.3) is 0 Å². The summed E-state index contributed by atoms with van der Waals surface area (Å²) in [5.41, 5.74) is 0. The molecule has 12 atom stereocenters. The smallest absolute Gasteiger partial charge is 0.246 e. The van der Waals surface area contributed by atoms with Crippen molar-refractivity contribution in [3.63, 3.8) is 0 Å². The first-order valence-electron chi connectivity index (χ1n) is 30.2. The fraction of sp³-hybridized carbons (Fsp3) is 0.787. The fourth-order valence-corrected chi connectivity index (χ4v) is 10.4. The van der Waals surface area contributed by atoms with Gasteiger partial charge in [0.05, 0.1) is 12.6 Å².